The lowest BCUT2D eigenvalue weighted by molar-refractivity contribution is -0.318. The molecule has 0 bridgehead atoms. The van der Waals surface area contributed by atoms with E-state index in [0.717, 1.165) is 5.56 Å². The van der Waals surface area contributed by atoms with Gasteiger partial charge in [0.25, 0.3) is 0 Å². The van der Waals surface area contributed by atoms with Crippen LogP contribution in [0.15, 0.2) is 12.1 Å². The molecule has 2 aliphatic heterocycles. The van der Waals surface area contributed by atoms with Crippen LogP contribution in [0.25, 0.3) is 0 Å². The second-order valence-corrected chi connectivity index (χ2v) is 8.23. The molecule has 2 saturated heterocycles. The van der Waals surface area contributed by atoms with Crippen molar-refractivity contribution in [3.8, 4) is 11.5 Å². The average Bonchev–Trinajstić information content (AvgIpc) is 2.76. The minimum absolute atomic E-state index is 0.358. The normalized spacial score (nSPS) is 40.2. The Labute approximate surface area is 185 Å². The van der Waals surface area contributed by atoms with Gasteiger partial charge in [0.05, 0.1) is 19.8 Å². The molecule has 10 unspecified atom stereocenters. The first-order valence-corrected chi connectivity index (χ1v) is 10.4. The summed E-state index contributed by atoms with van der Waals surface area (Å²) in [6, 6.07) is 3.46. The van der Waals surface area contributed by atoms with Crippen molar-refractivity contribution in [3.63, 3.8) is 0 Å². The lowest BCUT2D eigenvalue weighted by Crippen LogP contribution is -2.61. The monoisotopic (exact) mass is 460 g/mol. The van der Waals surface area contributed by atoms with Crippen LogP contribution in [0.1, 0.15) is 18.1 Å². The maximum absolute atomic E-state index is 10.4. The molecule has 3 rings (SSSR count). The van der Waals surface area contributed by atoms with Gasteiger partial charge in [0.2, 0.25) is 6.29 Å². The summed E-state index contributed by atoms with van der Waals surface area (Å²) in [5.74, 6) is 1.06. The van der Waals surface area contributed by atoms with Gasteiger partial charge in [0.1, 0.15) is 54.2 Å². The van der Waals surface area contributed by atoms with E-state index in [0.29, 0.717) is 17.1 Å². The summed E-state index contributed by atoms with van der Waals surface area (Å²) in [6.07, 6.45) is -13.5. The Bertz CT molecular complexity index is 774. The number of rotatable bonds is 6. The summed E-state index contributed by atoms with van der Waals surface area (Å²) in [5.41, 5.74) is 1.49. The Hall–Kier alpha value is -1.54. The van der Waals surface area contributed by atoms with E-state index in [1.165, 1.54) is 6.92 Å². The quantitative estimate of drug-likeness (QED) is 0.288. The van der Waals surface area contributed by atoms with E-state index in [-0.39, 0.29) is 6.61 Å². The van der Waals surface area contributed by atoms with Gasteiger partial charge in [-0.05, 0) is 44.0 Å². The van der Waals surface area contributed by atoms with Gasteiger partial charge in [0.15, 0.2) is 6.29 Å². The molecule has 6 N–H and O–H groups in total. The van der Waals surface area contributed by atoms with Crippen molar-refractivity contribution in [1.29, 1.82) is 0 Å². The van der Waals surface area contributed by atoms with Crippen LogP contribution in [0.2, 0.25) is 0 Å². The zero-order valence-corrected chi connectivity index (χ0v) is 18.4. The molecule has 11 heteroatoms. The number of benzene rings is 1. The minimum Gasteiger partial charge on any atom is -0.496 e. The van der Waals surface area contributed by atoms with Crippen LogP contribution in [0.3, 0.4) is 0 Å². The van der Waals surface area contributed by atoms with Gasteiger partial charge in [-0.1, -0.05) is 0 Å². The van der Waals surface area contributed by atoms with Gasteiger partial charge in [-0.25, -0.2) is 0 Å². The van der Waals surface area contributed by atoms with E-state index in [1.54, 1.807) is 26.2 Å². The van der Waals surface area contributed by atoms with Crippen molar-refractivity contribution >= 4 is 0 Å². The first-order valence-electron chi connectivity index (χ1n) is 10.4. The predicted octanol–water partition coefficient (Wildman–Crippen LogP) is -1.66. The summed E-state index contributed by atoms with van der Waals surface area (Å²) in [6.45, 7) is 4.75. The first-order chi connectivity index (χ1) is 15.0. The smallest absolute Gasteiger partial charge is 0.229 e. The fraction of sp³-hybridized carbons (Fsp3) is 0.714. The van der Waals surface area contributed by atoms with E-state index >= 15 is 0 Å². The number of aliphatic hydroxyl groups is 6. The molecule has 0 radical (unpaired) electrons. The molecule has 2 aliphatic rings. The summed E-state index contributed by atoms with van der Waals surface area (Å²) in [7, 11) is 1.55. The van der Waals surface area contributed by atoms with Crippen LogP contribution in [0, 0.1) is 13.8 Å². The zero-order chi connectivity index (χ0) is 23.7. The molecule has 0 spiro atoms. The Kier molecular flexibility index (Phi) is 7.97. The van der Waals surface area contributed by atoms with Crippen LogP contribution in [-0.4, -0.2) is 106 Å². The SMILES string of the molecule is COc1cc(C)c(OC2OC(COC3OC(C)C(O)C(O)C3O)C(O)C(O)C2O)cc1C. The van der Waals surface area contributed by atoms with Crippen LogP contribution >= 0.6 is 0 Å². The largest absolute Gasteiger partial charge is 0.496 e. The Morgan fingerprint density at radius 1 is 0.750 bits per heavy atom. The van der Waals surface area contributed by atoms with Gasteiger partial charge in [-0.15, -0.1) is 0 Å². The second kappa shape index (κ2) is 10.2. The summed E-state index contributed by atoms with van der Waals surface area (Å²) in [5, 5.41) is 60.7. The highest BCUT2D eigenvalue weighted by atomic mass is 16.7. The molecule has 0 saturated carbocycles. The molecular weight excluding hydrogens is 428 g/mol. The van der Waals surface area contributed by atoms with Gasteiger partial charge >= 0.3 is 0 Å². The van der Waals surface area contributed by atoms with Crippen LogP contribution in [0.5, 0.6) is 11.5 Å². The molecule has 0 aliphatic carbocycles. The number of ether oxygens (including phenoxy) is 5. The van der Waals surface area contributed by atoms with Gasteiger partial charge in [-0.2, -0.15) is 0 Å². The van der Waals surface area contributed by atoms with E-state index in [1.807, 2.05) is 6.92 Å². The number of aryl methyl sites for hydroxylation is 2. The first kappa shape index (κ1) is 25.1. The molecule has 0 aromatic heterocycles. The minimum atomic E-state index is -1.59. The lowest BCUT2D eigenvalue weighted by atomic mass is 9.98. The van der Waals surface area contributed by atoms with E-state index in [9.17, 15) is 30.6 Å². The summed E-state index contributed by atoms with van der Waals surface area (Å²) >= 11 is 0. The van der Waals surface area contributed by atoms with Crippen molar-refractivity contribution in [1.82, 2.24) is 0 Å². The topological polar surface area (TPSA) is 168 Å². The molecule has 1 aromatic carbocycles. The molecule has 2 heterocycles. The zero-order valence-electron chi connectivity index (χ0n) is 18.4. The van der Waals surface area contributed by atoms with Crippen molar-refractivity contribution in [2.45, 2.75) is 82.2 Å². The molecule has 11 nitrogen and oxygen atoms in total. The number of hydrogen-bond donors (Lipinski definition) is 6. The molecule has 1 aromatic rings. The number of methoxy groups -OCH3 is 1. The van der Waals surface area contributed by atoms with Gasteiger partial charge in [0, 0.05) is 0 Å². The molecular formula is C21H32O11. The molecule has 0 amide bonds. The van der Waals surface area contributed by atoms with Gasteiger partial charge in [-0.3, -0.25) is 0 Å². The highest BCUT2D eigenvalue weighted by molar-refractivity contribution is 5.45. The van der Waals surface area contributed by atoms with Crippen LogP contribution in [-0.2, 0) is 14.2 Å². The Balaban J connectivity index is 1.68. The van der Waals surface area contributed by atoms with Crippen LogP contribution in [0.4, 0.5) is 0 Å². The number of hydrogen-bond acceptors (Lipinski definition) is 11. The molecule has 2 fully saturated rings. The summed E-state index contributed by atoms with van der Waals surface area (Å²) < 4.78 is 27.5. The standard InChI is InChI=1S/C21H32O11/c1-8-6-12(9(2)5-11(8)28-4)31-21-19(27)17(25)15(23)13(32-21)7-29-20-18(26)16(24)14(22)10(3)30-20/h5-6,10,13-27H,7H2,1-4H3. The third-order valence-corrected chi connectivity index (χ3v) is 5.84. The van der Waals surface area contributed by atoms with Gasteiger partial charge < -0.3 is 54.3 Å². The predicted molar refractivity (Wildman–Crippen MR) is 108 cm³/mol. The van der Waals surface area contributed by atoms with E-state index < -0.39 is 61.4 Å². The van der Waals surface area contributed by atoms with Crippen molar-refractivity contribution in [2.75, 3.05) is 13.7 Å². The summed E-state index contributed by atoms with van der Waals surface area (Å²) in [4.78, 5) is 0. The maximum atomic E-state index is 10.4. The fourth-order valence-electron chi connectivity index (χ4n) is 3.73. The van der Waals surface area contributed by atoms with Crippen molar-refractivity contribution in [2.24, 2.45) is 0 Å². The lowest BCUT2D eigenvalue weighted by Gasteiger charge is -2.42. The third-order valence-electron chi connectivity index (χ3n) is 5.84. The second-order valence-electron chi connectivity index (χ2n) is 8.23. The molecule has 10 atom stereocenters. The highest BCUT2D eigenvalue weighted by Crippen LogP contribution is 2.31. The Morgan fingerprint density at radius 2 is 1.31 bits per heavy atom. The Morgan fingerprint density at radius 3 is 1.97 bits per heavy atom. The fourth-order valence-corrected chi connectivity index (χ4v) is 3.73. The number of aliphatic hydroxyl groups excluding tert-OH is 6. The average molecular weight is 460 g/mol. The van der Waals surface area contributed by atoms with E-state index in [4.69, 9.17) is 23.7 Å². The molecule has 182 valence electrons. The van der Waals surface area contributed by atoms with Crippen molar-refractivity contribution in [3.05, 3.63) is 23.3 Å². The third kappa shape index (κ3) is 5.01. The van der Waals surface area contributed by atoms with E-state index in [2.05, 4.69) is 0 Å². The highest BCUT2D eigenvalue weighted by Gasteiger charge is 2.47. The van der Waals surface area contributed by atoms with Crippen LogP contribution < -0.4 is 9.47 Å². The molecule has 32 heavy (non-hydrogen) atoms. The maximum Gasteiger partial charge on any atom is 0.229 e. The van der Waals surface area contributed by atoms with Crippen molar-refractivity contribution < 1.29 is 54.3 Å².